The van der Waals surface area contributed by atoms with Gasteiger partial charge in [-0.2, -0.15) is 4.37 Å². The Labute approximate surface area is 131 Å². The average molecular weight is 314 g/mol. The molecule has 1 aliphatic carbocycles. The number of aromatic carboxylic acids is 1. The first-order chi connectivity index (χ1) is 10.6. The van der Waals surface area contributed by atoms with E-state index >= 15 is 0 Å². The number of allylic oxidation sites excluding steroid dienone is 2. The Morgan fingerprint density at radius 3 is 2.68 bits per heavy atom. The summed E-state index contributed by atoms with van der Waals surface area (Å²) < 4.78 is 4.22. The molecule has 0 radical (unpaired) electrons. The second kappa shape index (κ2) is 6.11. The molecule has 1 amide bonds. The summed E-state index contributed by atoms with van der Waals surface area (Å²) >= 11 is 1.35. The molecular formula is C16H14N2O3S. The normalized spacial score (nSPS) is 13.7. The van der Waals surface area contributed by atoms with Gasteiger partial charge in [0.25, 0.3) is 5.91 Å². The second-order valence-corrected chi connectivity index (χ2v) is 5.81. The van der Waals surface area contributed by atoms with Crippen molar-refractivity contribution in [2.45, 2.75) is 19.3 Å². The fraction of sp³-hybridized carbons (Fsp3) is 0.188. The van der Waals surface area contributed by atoms with Crippen LogP contribution in [0.5, 0.6) is 0 Å². The van der Waals surface area contributed by atoms with Gasteiger partial charge in [-0.25, -0.2) is 4.79 Å². The van der Waals surface area contributed by atoms with Crippen molar-refractivity contribution in [3.05, 3.63) is 52.4 Å². The predicted octanol–water partition coefficient (Wildman–Crippen LogP) is 3.66. The lowest BCUT2D eigenvalue weighted by Gasteiger charge is -2.05. The van der Waals surface area contributed by atoms with Crippen molar-refractivity contribution in [3.63, 3.8) is 0 Å². The zero-order chi connectivity index (χ0) is 15.5. The lowest BCUT2D eigenvalue weighted by Crippen LogP contribution is -2.16. The fourth-order valence-corrected chi connectivity index (χ4v) is 3.19. The molecule has 1 aromatic heterocycles. The van der Waals surface area contributed by atoms with Crippen LogP contribution in [0.1, 0.15) is 44.9 Å². The molecule has 1 aliphatic rings. The van der Waals surface area contributed by atoms with E-state index in [1.54, 1.807) is 12.1 Å². The van der Waals surface area contributed by atoms with Gasteiger partial charge in [-0.15, -0.1) is 0 Å². The van der Waals surface area contributed by atoms with Crippen LogP contribution in [-0.2, 0) is 0 Å². The number of aromatic nitrogens is 1. The van der Waals surface area contributed by atoms with Crippen molar-refractivity contribution < 1.29 is 14.7 Å². The molecule has 2 aromatic rings. The van der Waals surface area contributed by atoms with Gasteiger partial charge in [-0.1, -0.05) is 18.2 Å². The first-order valence-electron chi connectivity index (χ1n) is 6.95. The molecular weight excluding hydrogens is 300 g/mol. The zero-order valence-electron chi connectivity index (χ0n) is 11.7. The Hall–Kier alpha value is -2.47. The third-order valence-corrected chi connectivity index (χ3v) is 4.38. The van der Waals surface area contributed by atoms with E-state index in [0.717, 1.165) is 24.1 Å². The highest BCUT2D eigenvalue weighted by Gasteiger charge is 2.17. The first kappa shape index (κ1) is 14.5. The van der Waals surface area contributed by atoms with Crippen molar-refractivity contribution in [1.29, 1.82) is 0 Å². The molecule has 1 aromatic carbocycles. The number of nitrogens with one attached hydrogen (secondary N) is 1. The van der Waals surface area contributed by atoms with Gasteiger partial charge in [0, 0.05) is 6.07 Å². The SMILES string of the molecule is O=C(O)c1ccccc1C(=O)Nc1cc(C2=CCCC2)sn1. The topological polar surface area (TPSA) is 79.3 Å². The molecule has 0 unspecified atom stereocenters. The van der Waals surface area contributed by atoms with Crippen molar-refractivity contribution in [2.24, 2.45) is 0 Å². The molecule has 0 aliphatic heterocycles. The second-order valence-electron chi connectivity index (χ2n) is 5.00. The minimum Gasteiger partial charge on any atom is -0.478 e. The maximum absolute atomic E-state index is 12.2. The summed E-state index contributed by atoms with van der Waals surface area (Å²) in [4.78, 5) is 24.5. The smallest absolute Gasteiger partial charge is 0.336 e. The van der Waals surface area contributed by atoms with Crippen molar-refractivity contribution in [2.75, 3.05) is 5.32 Å². The fourth-order valence-electron chi connectivity index (χ4n) is 2.43. The molecule has 2 N–H and O–H groups in total. The van der Waals surface area contributed by atoms with E-state index in [2.05, 4.69) is 15.8 Å². The molecule has 6 heteroatoms. The van der Waals surface area contributed by atoms with Gasteiger partial charge in [0.1, 0.15) is 5.82 Å². The number of carboxylic acids is 1. The Kier molecular flexibility index (Phi) is 4.02. The van der Waals surface area contributed by atoms with E-state index in [1.807, 2.05) is 6.07 Å². The lowest BCUT2D eigenvalue weighted by atomic mass is 10.1. The molecule has 0 bridgehead atoms. The Balaban J connectivity index is 1.79. The number of carboxylic acid groups (broad SMARTS) is 1. The maximum atomic E-state index is 12.2. The van der Waals surface area contributed by atoms with Gasteiger partial charge in [0.15, 0.2) is 0 Å². The van der Waals surface area contributed by atoms with Crippen LogP contribution < -0.4 is 5.32 Å². The molecule has 1 heterocycles. The van der Waals surface area contributed by atoms with E-state index in [4.69, 9.17) is 5.11 Å². The van der Waals surface area contributed by atoms with Crippen LogP contribution in [0.15, 0.2) is 36.4 Å². The van der Waals surface area contributed by atoms with Gasteiger partial charge >= 0.3 is 5.97 Å². The highest BCUT2D eigenvalue weighted by atomic mass is 32.1. The molecule has 0 atom stereocenters. The number of hydrogen-bond acceptors (Lipinski definition) is 4. The number of amides is 1. The molecule has 22 heavy (non-hydrogen) atoms. The predicted molar refractivity (Wildman–Crippen MR) is 85.3 cm³/mol. The van der Waals surface area contributed by atoms with Crippen LogP contribution in [0.3, 0.4) is 0 Å². The minimum atomic E-state index is -1.12. The number of anilines is 1. The van der Waals surface area contributed by atoms with Gasteiger partial charge < -0.3 is 10.4 Å². The summed E-state index contributed by atoms with van der Waals surface area (Å²) in [6.07, 6.45) is 5.47. The third-order valence-electron chi connectivity index (χ3n) is 3.51. The zero-order valence-corrected chi connectivity index (χ0v) is 12.5. The molecule has 0 spiro atoms. The summed E-state index contributed by atoms with van der Waals surface area (Å²) in [6.45, 7) is 0. The number of nitrogens with zero attached hydrogens (tertiary/aromatic N) is 1. The Morgan fingerprint density at radius 2 is 2.00 bits per heavy atom. The molecule has 0 saturated carbocycles. The number of carbonyl (C=O) groups is 2. The van der Waals surface area contributed by atoms with Crippen LogP contribution >= 0.6 is 11.5 Å². The largest absolute Gasteiger partial charge is 0.478 e. The summed E-state index contributed by atoms with van der Waals surface area (Å²) in [5.74, 6) is -1.13. The van der Waals surface area contributed by atoms with E-state index < -0.39 is 11.9 Å². The van der Waals surface area contributed by atoms with E-state index in [1.165, 1.54) is 29.2 Å². The van der Waals surface area contributed by atoms with Crippen LogP contribution in [0.2, 0.25) is 0 Å². The first-order valence-corrected chi connectivity index (χ1v) is 7.72. The summed E-state index contributed by atoms with van der Waals surface area (Å²) in [7, 11) is 0. The number of hydrogen-bond donors (Lipinski definition) is 2. The Morgan fingerprint density at radius 1 is 1.23 bits per heavy atom. The van der Waals surface area contributed by atoms with Crippen molar-refractivity contribution in [3.8, 4) is 0 Å². The highest BCUT2D eigenvalue weighted by Crippen LogP contribution is 2.31. The number of benzene rings is 1. The van der Waals surface area contributed by atoms with Crippen molar-refractivity contribution >= 4 is 34.8 Å². The van der Waals surface area contributed by atoms with Gasteiger partial charge in [0.2, 0.25) is 0 Å². The molecule has 0 saturated heterocycles. The van der Waals surface area contributed by atoms with Gasteiger partial charge in [0.05, 0.1) is 16.0 Å². The van der Waals surface area contributed by atoms with E-state index in [9.17, 15) is 9.59 Å². The van der Waals surface area contributed by atoms with Crippen LogP contribution in [0, 0.1) is 0 Å². The third kappa shape index (κ3) is 2.92. The van der Waals surface area contributed by atoms with Gasteiger partial charge in [-0.3, -0.25) is 4.79 Å². The molecule has 112 valence electrons. The summed E-state index contributed by atoms with van der Waals surface area (Å²) in [6, 6.07) is 7.96. The maximum Gasteiger partial charge on any atom is 0.336 e. The van der Waals surface area contributed by atoms with Crippen LogP contribution in [0.4, 0.5) is 5.82 Å². The van der Waals surface area contributed by atoms with Gasteiger partial charge in [-0.05, 0) is 48.5 Å². The minimum absolute atomic E-state index is 0.0195. The van der Waals surface area contributed by atoms with Crippen molar-refractivity contribution in [1.82, 2.24) is 4.37 Å². The van der Waals surface area contributed by atoms with E-state index in [-0.39, 0.29) is 11.1 Å². The summed E-state index contributed by atoms with van der Waals surface area (Å²) in [5, 5.41) is 11.8. The number of carbonyl (C=O) groups excluding carboxylic acids is 1. The Bertz CT molecular complexity index is 764. The van der Waals surface area contributed by atoms with Crippen LogP contribution in [0.25, 0.3) is 5.57 Å². The monoisotopic (exact) mass is 314 g/mol. The quantitative estimate of drug-likeness (QED) is 0.902. The molecule has 5 nitrogen and oxygen atoms in total. The molecule has 0 fully saturated rings. The lowest BCUT2D eigenvalue weighted by molar-refractivity contribution is 0.0692. The summed E-state index contributed by atoms with van der Waals surface area (Å²) in [5.41, 5.74) is 1.38. The number of rotatable bonds is 4. The average Bonchev–Trinajstić information content (AvgIpc) is 3.17. The van der Waals surface area contributed by atoms with E-state index in [0.29, 0.717) is 5.82 Å². The molecule has 3 rings (SSSR count). The standard InChI is InChI=1S/C16H14N2O3S/c19-15(11-7-3-4-8-12(11)16(20)21)17-14-9-13(22-18-14)10-5-1-2-6-10/h3-5,7-9H,1-2,6H2,(H,20,21)(H,17,18,19). The van der Waals surface area contributed by atoms with Crippen LogP contribution in [-0.4, -0.2) is 21.4 Å². The highest BCUT2D eigenvalue weighted by molar-refractivity contribution is 7.07.